The minimum Gasteiger partial charge on any atom is -0.375 e. The van der Waals surface area contributed by atoms with E-state index < -0.39 is 5.82 Å². The van der Waals surface area contributed by atoms with Gasteiger partial charge in [-0.1, -0.05) is 12.1 Å². The van der Waals surface area contributed by atoms with Crippen LogP contribution in [-0.4, -0.2) is 48.9 Å². The van der Waals surface area contributed by atoms with Crippen LogP contribution in [0.3, 0.4) is 0 Å². The van der Waals surface area contributed by atoms with E-state index in [9.17, 15) is 4.39 Å². The molecule has 7 heteroatoms. The van der Waals surface area contributed by atoms with Crippen LogP contribution in [0.4, 0.5) is 10.1 Å². The Bertz CT molecular complexity index is 1170. The van der Waals surface area contributed by atoms with E-state index in [2.05, 4.69) is 38.4 Å². The van der Waals surface area contributed by atoms with Crippen LogP contribution >= 0.6 is 0 Å². The molecule has 174 valence electrons. The fourth-order valence-corrected chi connectivity index (χ4v) is 4.90. The van der Waals surface area contributed by atoms with Crippen molar-refractivity contribution in [3.05, 3.63) is 77.6 Å². The Morgan fingerprint density at radius 3 is 2.65 bits per heavy atom. The summed E-state index contributed by atoms with van der Waals surface area (Å²) in [6.45, 7) is 4.19. The quantitative estimate of drug-likeness (QED) is 0.623. The minimum absolute atomic E-state index is 0.0619. The van der Waals surface area contributed by atoms with E-state index in [-0.39, 0.29) is 11.7 Å². The third-order valence-electron chi connectivity index (χ3n) is 6.72. The molecule has 0 bridgehead atoms. The summed E-state index contributed by atoms with van der Waals surface area (Å²) < 4.78 is 20.4. The highest BCUT2D eigenvalue weighted by molar-refractivity contribution is 5.80. The lowest BCUT2D eigenvalue weighted by Crippen LogP contribution is -2.39. The molecule has 2 aliphatic heterocycles. The number of benzene rings is 2. The maximum absolute atomic E-state index is 14.5. The highest BCUT2D eigenvalue weighted by atomic mass is 19.1. The summed E-state index contributed by atoms with van der Waals surface area (Å²) in [5.41, 5.74) is 4.07. The predicted octanol–water partition coefficient (Wildman–Crippen LogP) is 4.07. The zero-order valence-corrected chi connectivity index (χ0v) is 19.1. The Labute approximate surface area is 199 Å². The molecule has 0 aliphatic carbocycles. The first kappa shape index (κ1) is 22.5. The first-order chi connectivity index (χ1) is 16.7. The van der Waals surface area contributed by atoms with Gasteiger partial charge in [-0.25, -0.2) is 14.4 Å². The average Bonchev–Trinajstić information content (AvgIpc) is 2.90. The van der Waals surface area contributed by atoms with Crippen LogP contribution in [0.5, 0.6) is 0 Å². The molecule has 6 nitrogen and oxygen atoms in total. The summed E-state index contributed by atoms with van der Waals surface area (Å²) >= 11 is 0. The number of morpholine rings is 1. The van der Waals surface area contributed by atoms with E-state index in [0.29, 0.717) is 5.92 Å². The molecule has 0 radical (unpaired) electrons. The van der Waals surface area contributed by atoms with Gasteiger partial charge < -0.3 is 15.0 Å². The fraction of sp³-hybridized carbons (Fsp3) is 0.370. The molecule has 1 aromatic heterocycles. The molecule has 0 saturated carbocycles. The van der Waals surface area contributed by atoms with Crippen LogP contribution in [-0.2, 0) is 11.2 Å². The Morgan fingerprint density at radius 1 is 1.12 bits per heavy atom. The van der Waals surface area contributed by atoms with Crippen LogP contribution in [0.2, 0.25) is 0 Å². The second-order valence-corrected chi connectivity index (χ2v) is 8.93. The minimum atomic E-state index is -0.490. The summed E-state index contributed by atoms with van der Waals surface area (Å²) in [4.78, 5) is 11.3. The molecule has 3 heterocycles. The lowest BCUT2D eigenvalue weighted by atomic mass is 9.92. The zero-order valence-electron chi connectivity index (χ0n) is 19.1. The smallest absolute Gasteiger partial charge is 0.141 e. The Morgan fingerprint density at radius 2 is 1.94 bits per heavy atom. The summed E-state index contributed by atoms with van der Waals surface area (Å²) in [6, 6.07) is 15.1. The maximum atomic E-state index is 14.5. The lowest BCUT2D eigenvalue weighted by molar-refractivity contribution is 0.0292. The van der Waals surface area contributed by atoms with E-state index >= 15 is 0 Å². The van der Waals surface area contributed by atoms with Crippen molar-refractivity contribution >= 4 is 5.69 Å². The van der Waals surface area contributed by atoms with Gasteiger partial charge in [0.1, 0.15) is 17.7 Å². The van der Waals surface area contributed by atoms with Gasteiger partial charge in [0.25, 0.3) is 0 Å². The van der Waals surface area contributed by atoms with Crippen molar-refractivity contribution < 1.29 is 9.13 Å². The van der Waals surface area contributed by atoms with Gasteiger partial charge in [-0.3, -0.25) is 0 Å². The molecule has 1 N–H and O–H groups in total. The normalized spacial score (nSPS) is 19.1. The van der Waals surface area contributed by atoms with Crippen molar-refractivity contribution in [3.8, 4) is 17.2 Å². The molecule has 0 spiro atoms. The Balaban J connectivity index is 1.43. The fourth-order valence-electron chi connectivity index (χ4n) is 4.90. The number of nitrogens with one attached hydrogen (secondary N) is 1. The summed E-state index contributed by atoms with van der Waals surface area (Å²) in [7, 11) is 0. The molecule has 34 heavy (non-hydrogen) atoms. The molecule has 1 atom stereocenters. The third-order valence-corrected chi connectivity index (χ3v) is 6.72. The molecule has 3 aromatic rings. The molecule has 2 aliphatic rings. The monoisotopic (exact) mass is 457 g/mol. The SMILES string of the molecule is N#Cc1ccc(-c2cc(CC3CNCCO3)ccc2N2CCC(c3ncccn3)CC2)cc1F. The largest absolute Gasteiger partial charge is 0.375 e. The zero-order chi connectivity index (χ0) is 23.3. The van der Waals surface area contributed by atoms with E-state index in [1.165, 1.54) is 6.07 Å². The maximum Gasteiger partial charge on any atom is 0.141 e. The van der Waals surface area contributed by atoms with E-state index in [0.717, 1.165) is 80.3 Å². The highest BCUT2D eigenvalue weighted by Crippen LogP contribution is 2.36. The second-order valence-electron chi connectivity index (χ2n) is 8.93. The highest BCUT2D eigenvalue weighted by Gasteiger charge is 2.25. The number of hydrogen-bond donors (Lipinski definition) is 1. The Hall–Kier alpha value is -3.34. The molecule has 2 saturated heterocycles. The van der Waals surface area contributed by atoms with Crippen LogP contribution in [0, 0.1) is 17.1 Å². The van der Waals surface area contributed by atoms with Gasteiger partial charge in [-0.05, 0) is 60.7 Å². The first-order valence-corrected chi connectivity index (χ1v) is 11.9. The van der Waals surface area contributed by atoms with Crippen molar-refractivity contribution in [3.63, 3.8) is 0 Å². The van der Waals surface area contributed by atoms with Crippen molar-refractivity contribution in [2.45, 2.75) is 31.3 Å². The molecule has 2 aromatic carbocycles. The van der Waals surface area contributed by atoms with Crippen molar-refractivity contribution in [1.82, 2.24) is 15.3 Å². The number of piperidine rings is 1. The number of anilines is 1. The number of aromatic nitrogens is 2. The predicted molar refractivity (Wildman–Crippen MR) is 129 cm³/mol. The molecular formula is C27H28FN5O. The van der Waals surface area contributed by atoms with Crippen molar-refractivity contribution in [2.24, 2.45) is 0 Å². The van der Waals surface area contributed by atoms with Gasteiger partial charge in [0.2, 0.25) is 0 Å². The number of halogens is 1. The van der Waals surface area contributed by atoms with Gasteiger partial charge in [0.05, 0.1) is 18.3 Å². The molecule has 0 amide bonds. The van der Waals surface area contributed by atoms with Gasteiger partial charge in [-0.15, -0.1) is 0 Å². The van der Waals surface area contributed by atoms with Gasteiger partial charge in [0, 0.05) is 55.7 Å². The van der Waals surface area contributed by atoms with Crippen LogP contribution in [0.1, 0.15) is 35.7 Å². The topological polar surface area (TPSA) is 74.1 Å². The number of nitriles is 1. The number of hydrogen-bond acceptors (Lipinski definition) is 6. The molecule has 2 fully saturated rings. The number of nitrogens with zero attached hydrogens (tertiary/aromatic N) is 4. The van der Waals surface area contributed by atoms with Crippen LogP contribution in [0.25, 0.3) is 11.1 Å². The van der Waals surface area contributed by atoms with Crippen molar-refractivity contribution in [2.75, 3.05) is 37.7 Å². The second kappa shape index (κ2) is 10.3. The number of ether oxygens (including phenoxy) is 1. The summed E-state index contributed by atoms with van der Waals surface area (Å²) in [5.74, 6) is 0.771. The Kier molecular flexibility index (Phi) is 6.79. The van der Waals surface area contributed by atoms with Gasteiger partial charge in [0.15, 0.2) is 0 Å². The van der Waals surface area contributed by atoms with Crippen LogP contribution < -0.4 is 10.2 Å². The van der Waals surface area contributed by atoms with E-state index in [1.807, 2.05) is 18.2 Å². The van der Waals surface area contributed by atoms with E-state index in [1.54, 1.807) is 18.5 Å². The molecule has 5 rings (SSSR count). The van der Waals surface area contributed by atoms with Gasteiger partial charge in [-0.2, -0.15) is 5.26 Å². The summed E-state index contributed by atoms with van der Waals surface area (Å²) in [5, 5.41) is 12.5. The van der Waals surface area contributed by atoms with Crippen LogP contribution in [0.15, 0.2) is 54.9 Å². The lowest BCUT2D eigenvalue weighted by Gasteiger charge is -2.34. The summed E-state index contributed by atoms with van der Waals surface area (Å²) in [6.07, 6.45) is 6.47. The average molecular weight is 458 g/mol. The van der Waals surface area contributed by atoms with Gasteiger partial charge >= 0.3 is 0 Å². The number of rotatable bonds is 5. The molecular weight excluding hydrogens is 429 g/mol. The standard InChI is InChI=1S/C27H28FN5O/c28-25-16-21(3-4-22(25)17-29)24-15-19(14-23-18-30-10-13-34-23)2-5-26(24)33-11-6-20(7-12-33)27-31-8-1-9-32-27/h1-5,8-9,15-16,20,23,30H,6-7,10-14,18H2. The molecule has 1 unspecified atom stereocenters. The van der Waals surface area contributed by atoms with Crippen molar-refractivity contribution in [1.29, 1.82) is 5.26 Å². The first-order valence-electron chi connectivity index (χ1n) is 11.9. The van der Waals surface area contributed by atoms with E-state index in [4.69, 9.17) is 10.00 Å². The third kappa shape index (κ3) is 4.93.